The van der Waals surface area contributed by atoms with E-state index in [2.05, 4.69) is 10.1 Å². The minimum atomic E-state index is -1.16. The number of rotatable bonds is 3. The molecule has 0 fully saturated rings. The maximum absolute atomic E-state index is 10.9. The number of carboxylic acid groups (broad SMARTS) is 1. The van der Waals surface area contributed by atoms with Crippen LogP contribution in [0, 0.1) is 17.0 Å². The van der Waals surface area contributed by atoms with Crippen LogP contribution in [0.5, 0.6) is 0 Å². The number of aromatic nitrogens is 3. The third kappa shape index (κ3) is 2.03. The van der Waals surface area contributed by atoms with E-state index in [4.69, 9.17) is 5.11 Å². The van der Waals surface area contributed by atoms with Gasteiger partial charge in [0.05, 0.1) is 16.7 Å². The lowest BCUT2D eigenvalue weighted by molar-refractivity contribution is -0.385. The molecule has 8 heteroatoms. The maximum atomic E-state index is 10.9. The van der Waals surface area contributed by atoms with Crippen LogP contribution in [0.3, 0.4) is 0 Å². The van der Waals surface area contributed by atoms with Crippen LogP contribution in [0.1, 0.15) is 15.9 Å². The molecule has 0 spiro atoms. The van der Waals surface area contributed by atoms with Gasteiger partial charge in [0.2, 0.25) is 5.82 Å². The van der Waals surface area contributed by atoms with E-state index in [9.17, 15) is 14.9 Å². The first kappa shape index (κ1) is 11.7. The minimum absolute atomic E-state index is 0.0156. The highest BCUT2D eigenvalue weighted by atomic mass is 16.6. The molecule has 0 saturated carbocycles. The molecule has 2 aromatic rings. The molecule has 18 heavy (non-hydrogen) atoms. The second-order valence-electron chi connectivity index (χ2n) is 3.59. The summed E-state index contributed by atoms with van der Waals surface area (Å²) in [4.78, 5) is 24.9. The number of aryl methyl sites for hydroxylation is 1. The zero-order valence-corrected chi connectivity index (χ0v) is 9.27. The third-order valence-electron chi connectivity index (χ3n) is 2.23. The molecule has 1 N–H and O–H groups in total. The van der Waals surface area contributed by atoms with Crippen molar-refractivity contribution in [1.29, 1.82) is 0 Å². The monoisotopic (exact) mass is 248 g/mol. The Morgan fingerprint density at radius 1 is 1.50 bits per heavy atom. The fourth-order valence-corrected chi connectivity index (χ4v) is 1.41. The molecule has 2 heterocycles. The van der Waals surface area contributed by atoms with Crippen molar-refractivity contribution >= 4 is 11.7 Å². The number of carbonyl (C=O) groups is 1. The van der Waals surface area contributed by atoms with Crippen LogP contribution < -0.4 is 0 Å². The summed E-state index contributed by atoms with van der Waals surface area (Å²) >= 11 is 0. The van der Waals surface area contributed by atoms with Crippen molar-refractivity contribution in [3.63, 3.8) is 0 Å². The minimum Gasteiger partial charge on any atom is -0.478 e. The van der Waals surface area contributed by atoms with E-state index >= 15 is 0 Å². The Morgan fingerprint density at radius 2 is 2.22 bits per heavy atom. The number of nitrogens with zero attached hydrogens (tertiary/aromatic N) is 4. The van der Waals surface area contributed by atoms with Crippen LogP contribution in [0.2, 0.25) is 0 Å². The Balaban J connectivity index is 2.55. The predicted molar refractivity (Wildman–Crippen MR) is 59.7 cm³/mol. The van der Waals surface area contributed by atoms with Crippen LogP contribution >= 0.6 is 0 Å². The van der Waals surface area contributed by atoms with Gasteiger partial charge in [-0.05, 0) is 12.5 Å². The van der Waals surface area contributed by atoms with E-state index < -0.39 is 10.9 Å². The third-order valence-corrected chi connectivity index (χ3v) is 2.23. The molecule has 0 aliphatic heterocycles. The summed E-state index contributed by atoms with van der Waals surface area (Å²) in [5, 5.41) is 23.4. The molecule has 0 bridgehead atoms. The van der Waals surface area contributed by atoms with E-state index in [0.29, 0.717) is 5.56 Å². The molecule has 0 aliphatic rings. The molecular formula is C10H8N4O4. The normalized spacial score (nSPS) is 10.3. The van der Waals surface area contributed by atoms with Crippen LogP contribution in [0.25, 0.3) is 5.82 Å². The average molecular weight is 248 g/mol. The van der Waals surface area contributed by atoms with Crippen molar-refractivity contribution in [3.8, 4) is 5.82 Å². The lowest BCUT2D eigenvalue weighted by Gasteiger charge is -2.02. The summed E-state index contributed by atoms with van der Waals surface area (Å²) in [6.07, 6.45) is 3.73. The topological polar surface area (TPSA) is 111 Å². The number of hydrogen-bond acceptors (Lipinski definition) is 5. The fourth-order valence-electron chi connectivity index (χ4n) is 1.41. The van der Waals surface area contributed by atoms with Crippen molar-refractivity contribution < 1.29 is 14.8 Å². The molecule has 0 aromatic carbocycles. The number of pyridine rings is 1. The Hall–Kier alpha value is -2.77. The van der Waals surface area contributed by atoms with Gasteiger partial charge in [-0.3, -0.25) is 10.1 Å². The summed E-state index contributed by atoms with van der Waals surface area (Å²) in [6.45, 7) is 1.68. The number of hydrogen-bond donors (Lipinski definition) is 1. The summed E-state index contributed by atoms with van der Waals surface area (Å²) in [7, 11) is 0. The van der Waals surface area contributed by atoms with Gasteiger partial charge in [-0.25, -0.2) is 14.5 Å². The Bertz CT molecular complexity index is 635. The highest BCUT2D eigenvalue weighted by Gasteiger charge is 2.19. The summed E-state index contributed by atoms with van der Waals surface area (Å²) in [5.41, 5.74) is 0.345. The maximum Gasteiger partial charge on any atom is 0.338 e. The number of carboxylic acids is 1. The fraction of sp³-hybridized carbons (Fsp3) is 0.100. The van der Waals surface area contributed by atoms with E-state index in [0.717, 1.165) is 10.9 Å². The Kier molecular flexibility index (Phi) is 2.76. The summed E-state index contributed by atoms with van der Waals surface area (Å²) in [5.74, 6) is -1.17. The number of aromatic carboxylic acids is 1. The predicted octanol–water partition coefficient (Wildman–Crippen LogP) is 1.18. The molecular weight excluding hydrogens is 240 g/mol. The molecule has 92 valence electrons. The van der Waals surface area contributed by atoms with Crippen molar-refractivity contribution in [2.75, 3.05) is 0 Å². The van der Waals surface area contributed by atoms with Crippen LogP contribution in [0.4, 0.5) is 5.69 Å². The molecule has 8 nitrogen and oxygen atoms in total. The Morgan fingerprint density at radius 3 is 2.78 bits per heavy atom. The van der Waals surface area contributed by atoms with Gasteiger partial charge >= 0.3 is 11.7 Å². The standard InChI is InChI=1S/C10H8N4O4/c1-6-2-8(14(17)18)9(11-3-6)13-5-7(4-12-13)10(15)16/h2-5H,1H3,(H,15,16). The second kappa shape index (κ2) is 4.24. The molecule has 0 radical (unpaired) electrons. The Labute approximate surface area is 101 Å². The van der Waals surface area contributed by atoms with Gasteiger partial charge in [0.15, 0.2) is 0 Å². The molecule has 0 saturated heterocycles. The van der Waals surface area contributed by atoms with Gasteiger partial charge in [0.1, 0.15) is 0 Å². The van der Waals surface area contributed by atoms with Crippen LogP contribution in [-0.4, -0.2) is 30.8 Å². The van der Waals surface area contributed by atoms with Crippen LogP contribution in [-0.2, 0) is 0 Å². The lowest BCUT2D eigenvalue weighted by atomic mass is 10.3. The molecule has 0 atom stereocenters. The highest BCUT2D eigenvalue weighted by molar-refractivity contribution is 5.87. The van der Waals surface area contributed by atoms with E-state index in [1.54, 1.807) is 6.92 Å². The molecule has 0 aliphatic carbocycles. The van der Waals surface area contributed by atoms with Crippen molar-refractivity contribution in [2.45, 2.75) is 6.92 Å². The van der Waals surface area contributed by atoms with Crippen molar-refractivity contribution in [2.24, 2.45) is 0 Å². The highest BCUT2D eigenvalue weighted by Crippen LogP contribution is 2.21. The zero-order chi connectivity index (χ0) is 13.3. The van der Waals surface area contributed by atoms with Gasteiger partial charge in [-0.15, -0.1) is 0 Å². The van der Waals surface area contributed by atoms with E-state index in [1.807, 2.05) is 0 Å². The van der Waals surface area contributed by atoms with Crippen LogP contribution in [0.15, 0.2) is 24.7 Å². The summed E-state index contributed by atoms with van der Waals surface area (Å²) in [6, 6.07) is 1.35. The average Bonchev–Trinajstić information content (AvgIpc) is 2.78. The molecule has 2 aromatic heterocycles. The lowest BCUT2D eigenvalue weighted by Crippen LogP contribution is -2.04. The van der Waals surface area contributed by atoms with Gasteiger partial charge in [-0.2, -0.15) is 5.10 Å². The quantitative estimate of drug-likeness (QED) is 0.644. The zero-order valence-electron chi connectivity index (χ0n) is 9.27. The molecule has 0 amide bonds. The van der Waals surface area contributed by atoms with Crippen molar-refractivity contribution in [1.82, 2.24) is 14.8 Å². The van der Waals surface area contributed by atoms with Gasteiger partial charge in [0, 0.05) is 18.5 Å². The first-order valence-corrected chi connectivity index (χ1v) is 4.88. The van der Waals surface area contributed by atoms with Gasteiger partial charge < -0.3 is 5.11 Å². The van der Waals surface area contributed by atoms with E-state index in [-0.39, 0.29) is 17.1 Å². The van der Waals surface area contributed by atoms with E-state index in [1.165, 1.54) is 18.5 Å². The van der Waals surface area contributed by atoms with Gasteiger partial charge in [-0.1, -0.05) is 0 Å². The molecule has 2 rings (SSSR count). The largest absolute Gasteiger partial charge is 0.478 e. The smallest absolute Gasteiger partial charge is 0.338 e. The number of nitro groups is 1. The summed E-state index contributed by atoms with van der Waals surface area (Å²) < 4.78 is 1.07. The first-order valence-electron chi connectivity index (χ1n) is 4.88. The van der Waals surface area contributed by atoms with Gasteiger partial charge in [0.25, 0.3) is 0 Å². The SMILES string of the molecule is Cc1cnc(-n2cc(C(=O)O)cn2)c([N+](=O)[O-])c1. The first-order chi connectivity index (χ1) is 8.49. The second-order valence-corrected chi connectivity index (χ2v) is 3.59. The van der Waals surface area contributed by atoms with Crippen molar-refractivity contribution in [3.05, 3.63) is 45.9 Å². The molecule has 0 unspecified atom stereocenters.